The lowest BCUT2D eigenvalue weighted by Gasteiger charge is -2.23. The summed E-state index contributed by atoms with van der Waals surface area (Å²) in [4.78, 5) is 17.4. The number of carbonyl (C=O) groups is 1. The number of hydrogen-bond donors (Lipinski definition) is 2. The van der Waals surface area contributed by atoms with Crippen LogP contribution in [0.4, 0.5) is 5.82 Å². The minimum atomic E-state index is -0.290. The summed E-state index contributed by atoms with van der Waals surface area (Å²) in [7, 11) is 0. The van der Waals surface area contributed by atoms with E-state index in [9.17, 15) is 4.79 Å². The van der Waals surface area contributed by atoms with E-state index in [1.165, 1.54) is 0 Å². The van der Waals surface area contributed by atoms with E-state index in [1.807, 2.05) is 19.1 Å². The number of nitrogens with two attached hydrogens (primary N) is 1. The van der Waals surface area contributed by atoms with Crippen molar-refractivity contribution in [2.24, 2.45) is 11.7 Å². The molecule has 1 heterocycles. The van der Waals surface area contributed by atoms with Gasteiger partial charge in [0.1, 0.15) is 5.82 Å². The maximum Gasteiger partial charge on any atom is 0.231 e. The first-order chi connectivity index (χ1) is 9.01. The fourth-order valence-electron chi connectivity index (χ4n) is 2.03. The molecule has 0 aliphatic carbocycles. The predicted molar refractivity (Wildman–Crippen MR) is 77.7 cm³/mol. The van der Waals surface area contributed by atoms with Crippen molar-refractivity contribution in [2.45, 2.75) is 27.3 Å². The van der Waals surface area contributed by atoms with Crippen molar-refractivity contribution in [3.8, 4) is 0 Å². The molecule has 0 radical (unpaired) electrons. The maximum atomic E-state index is 11.1. The molecule has 1 rings (SSSR count). The average molecular weight is 264 g/mol. The van der Waals surface area contributed by atoms with Gasteiger partial charge in [0.05, 0.1) is 6.54 Å². The van der Waals surface area contributed by atoms with Gasteiger partial charge in [-0.3, -0.25) is 9.69 Å². The molecule has 1 aromatic heterocycles. The van der Waals surface area contributed by atoms with Crippen LogP contribution in [0.25, 0.3) is 0 Å². The zero-order valence-electron chi connectivity index (χ0n) is 12.0. The maximum absolute atomic E-state index is 11.1. The third-order valence-corrected chi connectivity index (χ3v) is 2.59. The number of nitrogens with zero attached hydrogens (tertiary/aromatic N) is 2. The van der Waals surface area contributed by atoms with Gasteiger partial charge in [-0.05, 0) is 30.5 Å². The minimum absolute atomic E-state index is 0.289. The van der Waals surface area contributed by atoms with Crippen LogP contribution in [-0.2, 0) is 11.3 Å². The molecule has 0 spiro atoms. The first-order valence-electron chi connectivity index (χ1n) is 6.70. The van der Waals surface area contributed by atoms with Gasteiger partial charge < -0.3 is 11.1 Å². The summed E-state index contributed by atoms with van der Waals surface area (Å²) in [5.74, 6) is 1.07. The van der Waals surface area contributed by atoms with E-state index in [1.54, 1.807) is 6.20 Å². The Balaban J connectivity index is 2.71. The molecule has 3 N–H and O–H groups in total. The highest BCUT2D eigenvalue weighted by Gasteiger charge is 2.11. The van der Waals surface area contributed by atoms with Gasteiger partial charge in [-0.25, -0.2) is 4.98 Å². The SMILES string of the molecule is CCNc1cc(CN(CC(N)=O)CC(C)C)ccn1. The van der Waals surface area contributed by atoms with Gasteiger partial charge >= 0.3 is 0 Å². The van der Waals surface area contributed by atoms with Gasteiger partial charge in [-0.15, -0.1) is 0 Å². The number of aromatic nitrogens is 1. The van der Waals surface area contributed by atoms with Gasteiger partial charge in [0.15, 0.2) is 0 Å². The van der Waals surface area contributed by atoms with Crippen molar-refractivity contribution in [3.05, 3.63) is 23.9 Å². The molecule has 1 aromatic rings. The number of anilines is 1. The molecular weight excluding hydrogens is 240 g/mol. The normalized spacial score (nSPS) is 11.0. The number of hydrogen-bond acceptors (Lipinski definition) is 4. The van der Waals surface area contributed by atoms with E-state index < -0.39 is 0 Å². The highest BCUT2D eigenvalue weighted by molar-refractivity contribution is 5.75. The summed E-state index contributed by atoms with van der Waals surface area (Å²) in [5.41, 5.74) is 6.43. The average Bonchev–Trinajstić information content (AvgIpc) is 2.27. The zero-order chi connectivity index (χ0) is 14.3. The van der Waals surface area contributed by atoms with Crippen molar-refractivity contribution in [1.29, 1.82) is 0 Å². The molecule has 0 unspecified atom stereocenters. The summed E-state index contributed by atoms with van der Waals surface area (Å²) in [6.45, 7) is 8.98. The van der Waals surface area contributed by atoms with Crippen molar-refractivity contribution in [2.75, 3.05) is 25.0 Å². The smallest absolute Gasteiger partial charge is 0.231 e. The van der Waals surface area contributed by atoms with E-state index in [-0.39, 0.29) is 12.5 Å². The summed E-state index contributed by atoms with van der Waals surface area (Å²) >= 11 is 0. The second kappa shape index (κ2) is 7.74. The third-order valence-electron chi connectivity index (χ3n) is 2.59. The Morgan fingerprint density at radius 1 is 1.53 bits per heavy atom. The molecule has 0 saturated carbocycles. The lowest BCUT2D eigenvalue weighted by molar-refractivity contribution is -0.119. The molecule has 0 aliphatic heterocycles. The van der Waals surface area contributed by atoms with Crippen LogP contribution in [-0.4, -0.2) is 35.4 Å². The molecule has 5 nitrogen and oxygen atoms in total. The van der Waals surface area contributed by atoms with Crippen molar-refractivity contribution in [3.63, 3.8) is 0 Å². The number of nitrogens with one attached hydrogen (secondary N) is 1. The van der Waals surface area contributed by atoms with Crippen molar-refractivity contribution in [1.82, 2.24) is 9.88 Å². The highest BCUT2D eigenvalue weighted by Crippen LogP contribution is 2.10. The summed E-state index contributed by atoms with van der Waals surface area (Å²) < 4.78 is 0. The topological polar surface area (TPSA) is 71.2 Å². The molecule has 106 valence electrons. The molecule has 1 amide bonds. The molecular formula is C14H24N4O. The summed E-state index contributed by atoms with van der Waals surface area (Å²) in [6.07, 6.45) is 1.78. The van der Waals surface area contributed by atoms with Gasteiger partial charge in [-0.1, -0.05) is 13.8 Å². The van der Waals surface area contributed by atoms with Crippen LogP contribution in [0.1, 0.15) is 26.3 Å². The van der Waals surface area contributed by atoms with Crippen LogP contribution in [0, 0.1) is 5.92 Å². The first-order valence-corrected chi connectivity index (χ1v) is 6.70. The Labute approximate surface area is 115 Å². The lowest BCUT2D eigenvalue weighted by Crippen LogP contribution is -2.35. The van der Waals surface area contributed by atoms with Crippen LogP contribution >= 0.6 is 0 Å². The molecule has 0 saturated heterocycles. The molecule has 19 heavy (non-hydrogen) atoms. The molecule has 0 aliphatic rings. The molecule has 0 aromatic carbocycles. The largest absolute Gasteiger partial charge is 0.370 e. The van der Waals surface area contributed by atoms with Crippen LogP contribution in [0.5, 0.6) is 0 Å². The van der Waals surface area contributed by atoms with E-state index in [2.05, 4.69) is 29.0 Å². The van der Waals surface area contributed by atoms with E-state index in [0.29, 0.717) is 12.5 Å². The number of carbonyl (C=O) groups excluding carboxylic acids is 1. The second-order valence-corrected chi connectivity index (χ2v) is 5.11. The fourth-order valence-corrected chi connectivity index (χ4v) is 2.03. The number of primary amides is 1. The van der Waals surface area contributed by atoms with E-state index in [0.717, 1.165) is 24.5 Å². The fraction of sp³-hybridized carbons (Fsp3) is 0.571. The Bertz CT molecular complexity index is 406. The Morgan fingerprint density at radius 2 is 2.26 bits per heavy atom. The minimum Gasteiger partial charge on any atom is -0.370 e. The van der Waals surface area contributed by atoms with Crippen molar-refractivity contribution >= 4 is 11.7 Å². The third kappa shape index (κ3) is 6.20. The standard InChI is InChI=1S/C14H24N4O/c1-4-16-14-7-12(5-6-17-14)9-18(8-11(2)3)10-13(15)19/h5-7,11H,4,8-10H2,1-3H3,(H2,15,19)(H,16,17). The zero-order valence-corrected chi connectivity index (χ0v) is 12.0. The molecule has 0 atom stereocenters. The highest BCUT2D eigenvalue weighted by atomic mass is 16.1. The first kappa shape index (κ1) is 15.4. The van der Waals surface area contributed by atoms with Crippen LogP contribution in [0.2, 0.25) is 0 Å². The molecule has 0 bridgehead atoms. The van der Waals surface area contributed by atoms with E-state index >= 15 is 0 Å². The van der Waals surface area contributed by atoms with Crippen molar-refractivity contribution < 1.29 is 4.79 Å². The van der Waals surface area contributed by atoms with Gasteiger partial charge in [-0.2, -0.15) is 0 Å². The number of amides is 1. The summed E-state index contributed by atoms with van der Waals surface area (Å²) in [6, 6.07) is 3.98. The molecule has 5 heteroatoms. The van der Waals surface area contributed by atoms with Gasteiger partial charge in [0, 0.05) is 25.8 Å². The Kier molecular flexibility index (Phi) is 6.29. The monoisotopic (exact) mass is 264 g/mol. The Hall–Kier alpha value is -1.62. The van der Waals surface area contributed by atoms with Crippen LogP contribution in [0.15, 0.2) is 18.3 Å². The Morgan fingerprint density at radius 3 is 2.84 bits per heavy atom. The second-order valence-electron chi connectivity index (χ2n) is 5.11. The van der Waals surface area contributed by atoms with Gasteiger partial charge in [0.2, 0.25) is 5.91 Å². The lowest BCUT2D eigenvalue weighted by atomic mass is 10.1. The van der Waals surface area contributed by atoms with Gasteiger partial charge in [0.25, 0.3) is 0 Å². The van der Waals surface area contributed by atoms with Crippen LogP contribution < -0.4 is 11.1 Å². The number of pyridine rings is 1. The number of rotatable bonds is 8. The summed E-state index contributed by atoms with van der Waals surface area (Å²) in [5, 5.41) is 3.18. The quantitative estimate of drug-likeness (QED) is 0.745. The molecule has 0 fully saturated rings. The van der Waals surface area contributed by atoms with Crippen LogP contribution in [0.3, 0.4) is 0 Å². The van der Waals surface area contributed by atoms with E-state index in [4.69, 9.17) is 5.73 Å². The predicted octanol–water partition coefficient (Wildman–Crippen LogP) is 1.46.